The first kappa shape index (κ1) is 22.8. The minimum atomic E-state index is -0.299. The first-order valence-corrected chi connectivity index (χ1v) is 12.2. The maximum atomic E-state index is 12.9. The van der Waals surface area contributed by atoms with E-state index in [9.17, 15) is 9.59 Å². The van der Waals surface area contributed by atoms with Gasteiger partial charge in [0.15, 0.2) is 11.5 Å². The summed E-state index contributed by atoms with van der Waals surface area (Å²) in [4.78, 5) is 26.7. The predicted molar refractivity (Wildman–Crippen MR) is 139 cm³/mol. The highest BCUT2D eigenvalue weighted by Gasteiger charge is 2.20. The number of hydrogen-bond donors (Lipinski definition) is 2. The summed E-state index contributed by atoms with van der Waals surface area (Å²) in [5, 5.41) is 7.74. The Balaban J connectivity index is 1.25. The molecule has 0 radical (unpaired) electrons. The summed E-state index contributed by atoms with van der Waals surface area (Å²) >= 11 is 1.46. The molecular formula is C28H24N2O4S. The highest BCUT2D eigenvalue weighted by Crippen LogP contribution is 2.35. The Labute approximate surface area is 207 Å². The molecule has 0 aromatic heterocycles. The minimum absolute atomic E-state index is 0.0954. The van der Waals surface area contributed by atoms with Gasteiger partial charge in [-0.05, 0) is 59.7 Å². The Kier molecular flexibility index (Phi) is 6.59. The zero-order valence-corrected chi connectivity index (χ0v) is 19.9. The predicted octanol–water partition coefficient (Wildman–Crippen LogP) is 6.33. The van der Waals surface area contributed by atoms with Crippen LogP contribution in [-0.4, -0.2) is 23.9 Å². The summed E-state index contributed by atoms with van der Waals surface area (Å²) in [7, 11) is 0. The van der Waals surface area contributed by atoms with Gasteiger partial charge in [0.05, 0.1) is 5.25 Å². The number of amides is 2. The van der Waals surface area contributed by atoms with Crippen molar-refractivity contribution in [3.05, 3.63) is 90.5 Å². The van der Waals surface area contributed by atoms with Gasteiger partial charge in [-0.25, -0.2) is 0 Å². The number of rotatable bonds is 7. The van der Waals surface area contributed by atoms with Gasteiger partial charge in [-0.3, -0.25) is 9.59 Å². The molecule has 1 heterocycles. The molecule has 4 aromatic carbocycles. The maximum absolute atomic E-state index is 12.9. The van der Waals surface area contributed by atoms with Gasteiger partial charge in [-0.15, -0.1) is 11.8 Å². The lowest BCUT2D eigenvalue weighted by Crippen LogP contribution is -2.24. The first-order chi connectivity index (χ1) is 17.1. The fourth-order valence-corrected chi connectivity index (χ4v) is 4.88. The topological polar surface area (TPSA) is 76.7 Å². The van der Waals surface area contributed by atoms with Crippen molar-refractivity contribution in [1.82, 2.24) is 0 Å². The summed E-state index contributed by atoms with van der Waals surface area (Å²) in [6.45, 7) is 2.16. The molecule has 0 saturated heterocycles. The van der Waals surface area contributed by atoms with E-state index in [0.717, 1.165) is 15.7 Å². The minimum Gasteiger partial charge on any atom is -0.454 e. The molecule has 4 aromatic rings. The highest BCUT2D eigenvalue weighted by atomic mass is 32.2. The van der Waals surface area contributed by atoms with Crippen LogP contribution in [0.15, 0.2) is 89.8 Å². The van der Waals surface area contributed by atoms with Crippen molar-refractivity contribution in [2.45, 2.75) is 23.5 Å². The summed E-state index contributed by atoms with van der Waals surface area (Å²) in [6, 6.07) is 26.5. The second-order valence-electron chi connectivity index (χ2n) is 8.12. The number of carbonyl (C=O) groups is 2. The molecule has 2 amide bonds. The van der Waals surface area contributed by atoms with Crippen LogP contribution in [0.1, 0.15) is 23.7 Å². The molecule has 35 heavy (non-hydrogen) atoms. The number of thioether (sulfide) groups is 1. The first-order valence-electron chi connectivity index (χ1n) is 11.4. The fraction of sp³-hybridized carbons (Fsp3) is 0.143. The van der Waals surface area contributed by atoms with Crippen molar-refractivity contribution in [3.63, 3.8) is 0 Å². The lowest BCUT2D eigenvalue weighted by atomic mass is 10.1. The molecular weight excluding hydrogens is 460 g/mol. The van der Waals surface area contributed by atoms with E-state index in [2.05, 4.69) is 10.6 Å². The molecule has 6 nitrogen and oxygen atoms in total. The van der Waals surface area contributed by atoms with Crippen molar-refractivity contribution in [2.24, 2.45) is 0 Å². The van der Waals surface area contributed by atoms with Crippen LogP contribution in [0.2, 0.25) is 0 Å². The van der Waals surface area contributed by atoms with Gasteiger partial charge in [0.2, 0.25) is 12.7 Å². The van der Waals surface area contributed by atoms with Crippen LogP contribution in [0.3, 0.4) is 0 Å². The van der Waals surface area contributed by atoms with Crippen molar-refractivity contribution in [1.29, 1.82) is 0 Å². The normalized spacial score (nSPS) is 12.8. The van der Waals surface area contributed by atoms with Gasteiger partial charge in [-0.1, -0.05) is 43.3 Å². The molecule has 1 aliphatic rings. The van der Waals surface area contributed by atoms with Crippen molar-refractivity contribution >= 4 is 45.7 Å². The molecule has 176 valence electrons. The third kappa shape index (κ3) is 5.25. The summed E-state index contributed by atoms with van der Waals surface area (Å²) < 4.78 is 10.7. The quantitative estimate of drug-likeness (QED) is 0.300. The zero-order valence-electron chi connectivity index (χ0n) is 19.1. The van der Waals surface area contributed by atoms with Crippen LogP contribution in [0.25, 0.3) is 10.8 Å². The number of carbonyl (C=O) groups excluding carboxylic acids is 2. The van der Waals surface area contributed by atoms with Gasteiger partial charge in [0, 0.05) is 27.9 Å². The van der Waals surface area contributed by atoms with E-state index in [0.29, 0.717) is 34.9 Å². The average molecular weight is 485 g/mol. The Hall–Kier alpha value is -3.97. The number of hydrogen-bond acceptors (Lipinski definition) is 5. The largest absolute Gasteiger partial charge is 0.454 e. The van der Waals surface area contributed by atoms with E-state index in [1.807, 2.05) is 73.7 Å². The molecule has 7 heteroatoms. The van der Waals surface area contributed by atoms with Crippen molar-refractivity contribution in [2.75, 3.05) is 17.4 Å². The zero-order chi connectivity index (χ0) is 24.2. The SMILES string of the molecule is CCC(Sc1cccc(NC(=O)c2ccc3ccccc3c2)c1)C(=O)Nc1ccc2c(c1)OCO2. The molecule has 1 unspecified atom stereocenters. The third-order valence-corrected chi connectivity index (χ3v) is 7.04. The molecule has 1 aliphatic heterocycles. The van der Waals surface area contributed by atoms with Gasteiger partial charge < -0.3 is 20.1 Å². The lowest BCUT2D eigenvalue weighted by molar-refractivity contribution is -0.115. The van der Waals surface area contributed by atoms with E-state index >= 15 is 0 Å². The Morgan fingerprint density at radius 2 is 1.63 bits per heavy atom. The van der Waals surface area contributed by atoms with Crippen molar-refractivity contribution in [3.8, 4) is 11.5 Å². The van der Waals surface area contributed by atoms with Crippen molar-refractivity contribution < 1.29 is 19.1 Å². The highest BCUT2D eigenvalue weighted by molar-refractivity contribution is 8.00. The van der Waals surface area contributed by atoms with Crippen LogP contribution < -0.4 is 20.1 Å². The van der Waals surface area contributed by atoms with E-state index in [1.54, 1.807) is 18.2 Å². The van der Waals surface area contributed by atoms with E-state index in [1.165, 1.54) is 11.8 Å². The fourth-order valence-electron chi connectivity index (χ4n) is 3.86. The Morgan fingerprint density at radius 1 is 0.829 bits per heavy atom. The number of fused-ring (bicyclic) bond motifs is 2. The molecule has 0 bridgehead atoms. The summed E-state index contributed by atoms with van der Waals surface area (Å²) in [6.07, 6.45) is 0.648. The number of ether oxygens (including phenoxy) is 2. The monoisotopic (exact) mass is 484 g/mol. The summed E-state index contributed by atoms with van der Waals surface area (Å²) in [5.41, 5.74) is 1.94. The Morgan fingerprint density at radius 3 is 2.49 bits per heavy atom. The van der Waals surface area contributed by atoms with Crippen LogP contribution in [-0.2, 0) is 4.79 Å². The Bertz CT molecular complexity index is 1400. The van der Waals surface area contributed by atoms with Crippen LogP contribution in [0.5, 0.6) is 11.5 Å². The second kappa shape index (κ2) is 10.1. The molecule has 0 aliphatic carbocycles. The second-order valence-corrected chi connectivity index (χ2v) is 9.39. The summed E-state index contributed by atoms with van der Waals surface area (Å²) in [5.74, 6) is 1.03. The molecule has 0 spiro atoms. The lowest BCUT2D eigenvalue weighted by Gasteiger charge is -2.16. The maximum Gasteiger partial charge on any atom is 0.255 e. The molecule has 1 atom stereocenters. The molecule has 0 saturated carbocycles. The van der Waals surface area contributed by atoms with Gasteiger partial charge in [-0.2, -0.15) is 0 Å². The standard InChI is InChI=1S/C28H24N2O4S/c1-2-26(28(32)30-22-12-13-24-25(16-22)34-17-33-24)35-23-9-5-8-21(15-23)29-27(31)20-11-10-18-6-3-4-7-19(18)14-20/h3-16,26H,2,17H2,1H3,(H,29,31)(H,30,32). The van der Waals surface area contributed by atoms with E-state index < -0.39 is 0 Å². The molecule has 0 fully saturated rings. The van der Waals surface area contributed by atoms with Gasteiger partial charge >= 0.3 is 0 Å². The average Bonchev–Trinajstić information content (AvgIpc) is 3.35. The van der Waals surface area contributed by atoms with Crippen LogP contribution in [0.4, 0.5) is 11.4 Å². The van der Waals surface area contributed by atoms with Gasteiger partial charge in [0.1, 0.15) is 0 Å². The van der Waals surface area contributed by atoms with Crippen LogP contribution >= 0.6 is 11.8 Å². The van der Waals surface area contributed by atoms with E-state index in [4.69, 9.17) is 9.47 Å². The third-order valence-electron chi connectivity index (χ3n) is 5.69. The number of anilines is 2. The molecule has 5 rings (SSSR count). The molecule has 2 N–H and O–H groups in total. The number of benzene rings is 4. The number of nitrogens with one attached hydrogen (secondary N) is 2. The smallest absolute Gasteiger partial charge is 0.255 e. The van der Waals surface area contributed by atoms with Gasteiger partial charge in [0.25, 0.3) is 5.91 Å². The van der Waals surface area contributed by atoms with E-state index in [-0.39, 0.29) is 23.9 Å². The van der Waals surface area contributed by atoms with Crippen LogP contribution in [0, 0.1) is 0 Å².